The van der Waals surface area contributed by atoms with Crippen molar-refractivity contribution < 1.29 is 0 Å². The van der Waals surface area contributed by atoms with Gasteiger partial charge in [0.25, 0.3) is 0 Å². The van der Waals surface area contributed by atoms with Gasteiger partial charge in [-0.05, 0) is 63.1 Å². The third kappa shape index (κ3) is 4.17. The Hall–Kier alpha value is -0.120. The second-order valence-electron chi connectivity index (χ2n) is 7.72. The Morgan fingerprint density at radius 1 is 1.26 bits per heavy atom. The number of nitrogens with zero attached hydrogens (tertiary/aromatic N) is 1. The van der Waals surface area contributed by atoms with Crippen LogP contribution in [0.3, 0.4) is 0 Å². The van der Waals surface area contributed by atoms with Crippen LogP contribution < -0.4 is 10.6 Å². The summed E-state index contributed by atoms with van der Waals surface area (Å²) in [4.78, 5) is 2.50. The van der Waals surface area contributed by atoms with E-state index in [1.165, 1.54) is 51.9 Å². The lowest BCUT2D eigenvalue weighted by Gasteiger charge is -2.41. The molecule has 2 rings (SSSR count). The summed E-state index contributed by atoms with van der Waals surface area (Å²) < 4.78 is 0. The van der Waals surface area contributed by atoms with Crippen LogP contribution >= 0.6 is 0 Å². The van der Waals surface area contributed by atoms with Crippen molar-refractivity contribution in [3.63, 3.8) is 0 Å². The summed E-state index contributed by atoms with van der Waals surface area (Å²) >= 11 is 0. The Morgan fingerprint density at radius 2 is 2.00 bits per heavy atom. The molecule has 1 saturated heterocycles. The average molecular weight is 267 g/mol. The van der Waals surface area contributed by atoms with Crippen molar-refractivity contribution in [2.24, 2.45) is 16.7 Å². The zero-order chi connectivity index (χ0) is 13.9. The minimum atomic E-state index is 0.421. The quantitative estimate of drug-likeness (QED) is 0.738. The number of rotatable bonds is 7. The van der Waals surface area contributed by atoms with Crippen LogP contribution in [0, 0.1) is 16.7 Å². The van der Waals surface area contributed by atoms with Crippen LogP contribution in [0.4, 0.5) is 0 Å². The fourth-order valence-electron chi connectivity index (χ4n) is 3.57. The monoisotopic (exact) mass is 267 g/mol. The molecule has 19 heavy (non-hydrogen) atoms. The predicted molar refractivity (Wildman–Crippen MR) is 82.5 cm³/mol. The van der Waals surface area contributed by atoms with Gasteiger partial charge in [-0.2, -0.15) is 0 Å². The lowest BCUT2D eigenvalue weighted by atomic mass is 9.74. The average Bonchev–Trinajstić information content (AvgIpc) is 3.09. The van der Waals surface area contributed by atoms with E-state index in [-0.39, 0.29) is 0 Å². The molecule has 0 spiro atoms. The maximum atomic E-state index is 3.77. The molecule has 3 nitrogen and oxygen atoms in total. The van der Waals surface area contributed by atoms with Gasteiger partial charge in [-0.15, -0.1) is 0 Å². The maximum Gasteiger partial charge on any atom is 0.00202 e. The van der Waals surface area contributed by atoms with E-state index in [9.17, 15) is 0 Å². The molecule has 0 amide bonds. The molecule has 0 aromatic carbocycles. The van der Waals surface area contributed by atoms with Crippen molar-refractivity contribution in [2.45, 2.75) is 39.5 Å². The SMILES string of the molecule is CNCC1(CNCC(C)(C)C2CCCN(C)C2)CC1. The summed E-state index contributed by atoms with van der Waals surface area (Å²) in [6.07, 6.45) is 5.57. The first-order valence-electron chi connectivity index (χ1n) is 8.01. The Morgan fingerprint density at radius 3 is 2.58 bits per heavy atom. The van der Waals surface area contributed by atoms with Gasteiger partial charge in [-0.25, -0.2) is 0 Å². The third-order valence-corrected chi connectivity index (χ3v) is 5.32. The summed E-state index contributed by atoms with van der Waals surface area (Å²) in [5, 5.41) is 7.11. The predicted octanol–water partition coefficient (Wildman–Crippen LogP) is 1.94. The van der Waals surface area contributed by atoms with Crippen molar-refractivity contribution >= 4 is 0 Å². The highest BCUT2D eigenvalue weighted by molar-refractivity contribution is 4.97. The molecule has 2 aliphatic rings. The molecule has 1 atom stereocenters. The molecule has 2 fully saturated rings. The second kappa shape index (κ2) is 6.11. The van der Waals surface area contributed by atoms with E-state index in [0.29, 0.717) is 10.8 Å². The number of nitrogens with one attached hydrogen (secondary N) is 2. The first-order chi connectivity index (χ1) is 8.97. The molecular formula is C16H33N3. The van der Waals surface area contributed by atoms with Crippen LogP contribution in [0.5, 0.6) is 0 Å². The highest BCUT2D eigenvalue weighted by atomic mass is 15.1. The molecule has 1 saturated carbocycles. The number of likely N-dealkylation sites (tertiary alicyclic amines) is 1. The molecule has 0 radical (unpaired) electrons. The first kappa shape index (κ1) is 15.3. The molecule has 0 bridgehead atoms. The van der Waals surface area contributed by atoms with Crippen LogP contribution in [0.15, 0.2) is 0 Å². The molecule has 0 aromatic rings. The molecule has 1 unspecified atom stereocenters. The Balaban J connectivity index is 1.74. The van der Waals surface area contributed by atoms with Crippen molar-refractivity contribution in [3.05, 3.63) is 0 Å². The smallest absolute Gasteiger partial charge is 0.00202 e. The summed E-state index contributed by atoms with van der Waals surface area (Å²) in [7, 11) is 4.34. The Kier molecular flexibility index (Phi) is 4.91. The van der Waals surface area contributed by atoms with Gasteiger partial charge in [0, 0.05) is 26.2 Å². The van der Waals surface area contributed by atoms with E-state index < -0.39 is 0 Å². The van der Waals surface area contributed by atoms with Crippen LogP contribution in [-0.2, 0) is 0 Å². The first-order valence-corrected chi connectivity index (χ1v) is 8.01. The normalized spacial score (nSPS) is 27.5. The van der Waals surface area contributed by atoms with Gasteiger partial charge in [0.05, 0.1) is 0 Å². The minimum Gasteiger partial charge on any atom is -0.319 e. The van der Waals surface area contributed by atoms with Crippen LogP contribution in [0.25, 0.3) is 0 Å². The van der Waals surface area contributed by atoms with E-state index in [1.807, 2.05) is 0 Å². The van der Waals surface area contributed by atoms with Gasteiger partial charge in [0.2, 0.25) is 0 Å². The van der Waals surface area contributed by atoms with Gasteiger partial charge in [-0.1, -0.05) is 13.8 Å². The number of hydrogen-bond acceptors (Lipinski definition) is 3. The van der Waals surface area contributed by atoms with Crippen LogP contribution in [0.2, 0.25) is 0 Å². The van der Waals surface area contributed by atoms with E-state index >= 15 is 0 Å². The van der Waals surface area contributed by atoms with Crippen molar-refractivity contribution in [2.75, 3.05) is 46.8 Å². The Bertz CT molecular complexity index is 284. The van der Waals surface area contributed by atoms with Crippen LogP contribution in [-0.4, -0.2) is 51.7 Å². The van der Waals surface area contributed by atoms with E-state index in [0.717, 1.165) is 12.5 Å². The van der Waals surface area contributed by atoms with Gasteiger partial charge >= 0.3 is 0 Å². The van der Waals surface area contributed by atoms with Gasteiger partial charge in [0.15, 0.2) is 0 Å². The van der Waals surface area contributed by atoms with Crippen molar-refractivity contribution in [3.8, 4) is 0 Å². The largest absolute Gasteiger partial charge is 0.319 e. The molecular weight excluding hydrogens is 234 g/mol. The van der Waals surface area contributed by atoms with Gasteiger partial charge in [0.1, 0.15) is 0 Å². The van der Waals surface area contributed by atoms with E-state index in [1.54, 1.807) is 0 Å². The van der Waals surface area contributed by atoms with Crippen molar-refractivity contribution in [1.82, 2.24) is 15.5 Å². The number of hydrogen-bond donors (Lipinski definition) is 2. The molecule has 3 heteroatoms. The number of piperidine rings is 1. The highest BCUT2D eigenvalue weighted by Gasteiger charge is 2.42. The molecule has 112 valence electrons. The maximum absolute atomic E-state index is 3.77. The summed E-state index contributed by atoms with van der Waals surface area (Å²) in [5.41, 5.74) is 0.999. The zero-order valence-electron chi connectivity index (χ0n) is 13.4. The molecule has 1 heterocycles. The second-order valence-corrected chi connectivity index (χ2v) is 7.72. The molecule has 2 N–H and O–H groups in total. The van der Waals surface area contributed by atoms with Crippen LogP contribution in [0.1, 0.15) is 39.5 Å². The lowest BCUT2D eigenvalue weighted by Crippen LogP contribution is -2.45. The van der Waals surface area contributed by atoms with E-state index in [4.69, 9.17) is 0 Å². The fraction of sp³-hybridized carbons (Fsp3) is 1.00. The molecule has 1 aliphatic heterocycles. The lowest BCUT2D eigenvalue weighted by molar-refractivity contribution is 0.101. The Labute approximate surface area is 119 Å². The standard InChI is InChI=1S/C16H33N3/c1-15(2,14-6-5-9-19(4)10-14)11-18-13-16(7-8-16)12-17-3/h14,17-18H,5-13H2,1-4H3. The van der Waals surface area contributed by atoms with Gasteiger partial charge in [-0.3, -0.25) is 0 Å². The summed E-state index contributed by atoms with van der Waals surface area (Å²) in [6.45, 7) is 11.0. The zero-order valence-corrected chi connectivity index (χ0v) is 13.4. The van der Waals surface area contributed by atoms with E-state index in [2.05, 4.69) is 43.5 Å². The molecule has 1 aliphatic carbocycles. The highest BCUT2D eigenvalue weighted by Crippen LogP contribution is 2.44. The van der Waals surface area contributed by atoms with Gasteiger partial charge < -0.3 is 15.5 Å². The van der Waals surface area contributed by atoms with Crippen molar-refractivity contribution in [1.29, 1.82) is 0 Å². The minimum absolute atomic E-state index is 0.421. The topological polar surface area (TPSA) is 27.3 Å². The summed E-state index contributed by atoms with van der Waals surface area (Å²) in [5.74, 6) is 0.846. The summed E-state index contributed by atoms with van der Waals surface area (Å²) in [6, 6.07) is 0. The molecule has 0 aromatic heterocycles. The third-order valence-electron chi connectivity index (χ3n) is 5.32. The fourth-order valence-corrected chi connectivity index (χ4v) is 3.57.